The van der Waals surface area contributed by atoms with E-state index < -0.39 is 0 Å². The highest BCUT2D eigenvalue weighted by atomic mass is 32.1. The molecule has 0 fully saturated rings. The van der Waals surface area contributed by atoms with Gasteiger partial charge in [-0.05, 0) is 13.0 Å². The van der Waals surface area contributed by atoms with Crippen molar-refractivity contribution in [2.75, 3.05) is 12.4 Å². The average Bonchev–Trinajstić information content (AvgIpc) is 2.69. The van der Waals surface area contributed by atoms with Crippen molar-refractivity contribution in [3.63, 3.8) is 0 Å². The van der Waals surface area contributed by atoms with E-state index in [4.69, 9.17) is 4.74 Å². The van der Waals surface area contributed by atoms with Crippen LogP contribution in [0.15, 0.2) is 18.2 Å². The van der Waals surface area contributed by atoms with E-state index in [0.29, 0.717) is 0 Å². The molecule has 0 spiro atoms. The molecule has 1 N–H and O–H groups in total. The average molecular weight is 232 g/mol. The number of thiazole rings is 1. The predicted octanol–water partition coefficient (Wildman–Crippen LogP) is 3.05. The maximum atomic E-state index is 5.35. The highest BCUT2D eigenvalue weighted by Crippen LogP contribution is 2.42. The van der Waals surface area contributed by atoms with E-state index in [9.17, 15) is 0 Å². The molecule has 3 rings (SSSR count). The Labute approximate surface area is 98.1 Å². The van der Waals surface area contributed by atoms with Gasteiger partial charge in [-0.15, -0.1) is 11.3 Å². The molecule has 0 unspecified atom stereocenters. The standard InChI is InChI=1S/C12H12N2OS/c1-7-14-12-8-4-3-5-9(15-2)11(8)13-6-10(12)16-7/h3-5,13H,6H2,1-2H3. The van der Waals surface area contributed by atoms with Crippen LogP contribution in [0.5, 0.6) is 5.75 Å². The van der Waals surface area contributed by atoms with E-state index in [2.05, 4.69) is 16.4 Å². The van der Waals surface area contributed by atoms with Crippen molar-refractivity contribution in [1.82, 2.24) is 4.98 Å². The topological polar surface area (TPSA) is 34.1 Å². The first-order chi connectivity index (χ1) is 7.79. The number of nitrogens with zero attached hydrogens (tertiary/aromatic N) is 1. The summed E-state index contributed by atoms with van der Waals surface area (Å²) in [4.78, 5) is 5.89. The molecule has 82 valence electrons. The van der Waals surface area contributed by atoms with Crippen molar-refractivity contribution in [2.45, 2.75) is 13.5 Å². The van der Waals surface area contributed by atoms with Crippen LogP contribution in [-0.4, -0.2) is 12.1 Å². The van der Waals surface area contributed by atoms with Crippen molar-refractivity contribution in [2.24, 2.45) is 0 Å². The summed E-state index contributed by atoms with van der Waals surface area (Å²) in [7, 11) is 1.69. The number of aromatic nitrogens is 1. The smallest absolute Gasteiger partial charge is 0.142 e. The first kappa shape index (κ1) is 9.66. The van der Waals surface area contributed by atoms with Crippen LogP contribution in [0.25, 0.3) is 11.3 Å². The largest absolute Gasteiger partial charge is 0.495 e. The quantitative estimate of drug-likeness (QED) is 0.820. The molecule has 0 saturated heterocycles. The van der Waals surface area contributed by atoms with Gasteiger partial charge in [-0.3, -0.25) is 0 Å². The van der Waals surface area contributed by atoms with Gasteiger partial charge in [0.25, 0.3) is 0 Å². The summed E-state index contributed by atoms with van der Waals surface area (Å²) >= 11 is 1.75. The Bertz CT molecular complexity index is 548. The lowest BCUT2D eigenvalue weighted by molar-refractivity contribution is 0.416. The number of hydrogen-bond acceptors (Lipinski definition) is 4. The molecule has 2 heterocycles. The van der Waals surface area contributed by atoms with Crippen LogP contribution in [0.1, 0.15) is 9.88 Å². The van der Waals surface area contributed by atoms with Gasteiger partial charge >= 0.3 is 0 Å². The molecule has 1 aromatic carbocycles. The third-order valence-electron chi connectivity index (χ3n) is 2.73. The molecular weight excluding hydrogens is 220 g/mol. The van der Waals surface area contributed by atoms with Gasteiger partial charge in [-0.2, -0.15) is 0 Å². The van der Waals surface area contributed by atoms with Gasteiger partial charge in [0.05, 0.1) is 34.9 Å². The van der Waals surface area contributed by atoms with Gasteiger partial charge in [0, 0.05) is 5.56 Å². The number of aryl methyl sites for hydroxylation is 1. The SMILES string of the molecule is COc1cccc2c1NCc1sc(C)nc1-2. The highest BCUT2D eigenvalue weighted by Gasteiger charge is 2.21. The molecule has 16 heavy (non-hydrogen) atoms. The van der Waals surface area contributed by atoms with E-state index in [1.54, 1.807) is 18.4 Å². The molecule has 2 aromatic rings. The molecule has 3 nitrogen and oxygen atoms in total. The molecule has 0 saturated carbocycles. The lowest BCUT2D eigenvalue weighted by atomic mass is 10.0. The number of fused-ring (bicyclic) bond motifs is 3. The van der Waals surface area contributed by atoms with Gasteiger partial charge in [-0.1, -0.05) is 12.1 Å². The van der Waals surface area contributed by atoms with Gasteiger partial charge in [0.2, 0.25) is 0 Å². The van der Waals surface area contributed by atoms with Crippen LogP contribution < -0.4 is 10.1 Å². The molecule has 0 radical (unpaired) electrons. The zero-order valence-corrected chi connectivity index (χ0v) is 10.0. The van der Waals surface area contributed by atoms with Gasteiger partial charge in [0.15, 0.2) is 0 Å². The molecular formula is C12H12N2OS. The molecule has 1 aliphatic rings. The van der Waals surface area contributed by atoms with E-state index >= 15 is 0 Å². The summed E-state index contributed by atoms with van der Waals surface area (Å²) in [6.45, 7) is 2.89. The minimum Gasteiger partial charge on any atom is -0.495 e. The summed E-state index contributed by atoms with van der Waals surface area (Å²) in [6.07, 6.45) is 0. The number of benzene rings is 1. The van der Waals surface area contributed by atoms with Crippen LogP contribution in [-0.2, 0) is 6.54 Å². The lowest BCUT2D eigenvalue weighted by Crippen LogP contribution is -2.08. The predicted molar refractivity (Wildman–Crippen MR) is 66.2 cm³/mol. The Morgan fingerprint density at radius 3 is 3.12 bits per heavy atom. The van der Waals surface area contributed by atoms with Crippen LogP contribution >= 0.6 is 11.3 Å². The van der Waals surface area contributed by atoms with E-state index in [0.717, 1.165) is 34.2 Å². The summed E-state index contributed by atoms with van der Waals surface area (Å²) in [5.74, 6) is 0.883. The van der Waals surface area contributed by atoms with Crippen molar-refractivity contribution in [3.8, 4) is 17.0 Å². The van der Waals surface area contributed by atoms with Crippen molar-refractivity contribution < 1.29 is 4.74 Å². The summed E-state index contributed by atoms with van der Waals surface area (Å²) < 4.78 is 5.35. The molecule has 0 amide bonds. The van der Waals surface area contributed by atoms with E-state index in [1.165, 1.54) is 4.88 Å². The second-order valence-corrected chi connectivity index (χ2v) is 5.03. The van der Waals surface area contributed by atoms with E-state index in [-0.39, 0.29) is 0 Å². The van der Waals surface area contributed by atoms with Crippen LogP contribution in [0.2, 0.25) is 0 Å². The molecule has 0 bridgehead atoms. The zero-order chi connectivity index (χ0) is 11.1. The third-order valence-corrected chi connectivity index (χ3v) is 3.70. The number of nitrogens with one attached hydrogen (secondary N) is 1. The number of para-hydroxylation sites is 1. The monoisotopic (exact) mass is 232 g/mol. The molecule has 0 atom stereocenters. The first-order valence-corrected chi connectivity index (χ1v) is 5.99. The van der Waals surface area contributed by atoms with Crippen molar-refractivity contribution in [3.05, 3.63) is 28.1 Å². The third kappa shape index (κ3) is 1.30. The Hall–Kier alpha value is -1.55. The van der Waals surface area contributed by atoms with Gasteiger partial charge < -0.3 is 10.1 Å². The van der Waals surface area contributed by atoms with Gasteiger partial charge in [0.1, 0.15) is 5.75 Å². The molecule has 4 heteroatoms. The van der Waals surface area contributed by atoms with Crippen molar-refractivity contribution >= 4 is 17.0 Å². The normalized spacial score (nSPS) is 12.6. The van der Waals surface area contributed by atoms with Crippen LogP contribution in [0, 0.1) is 6.92 Å². The fraction of sp³-hybridized carbons (Fsp3) is 0.250. The summed E-state index contributed by atoms with van der Waals surface area (Å²) in [5, 5.41) is 4.51. The van der Waals surface area contributed by atoms with E-state index in [1.807, 2.05) is 19.1 Å². The molecule has 1 aliphatic heterocycles. The zero-order valence-electron chi connectivity index (χ0n) is 9.20. The maximum absolute atomic E-state index is 5.35. The maximum Gasteiger partial charge on any atom is 0.142 e. The number of anilines is 1. The minimum absolute atomic E-state index is 0.841. The summed E-state index contributed by atoms with van der Waals surface area (Å²) in [6, 6.07) is 6.06. The number of hydrogen-bond donors (Lipinski definition) is 1. The Morgan fingerprint density at radius 2 is 2.31 bits per heavy atom. The first-order valence-electron chi connectivity index (χ1n) is 5.17. The highest BCUT2D eigenvalue weighted by molar-refractivity contribution is 7.12. The number of methoxy groups -OCH3 is 1. The number of rotatable bonds is 1. The summed E-state index contributed by atoms with van der Waals surface area (Å²) in [5.41, 5.74) is 3.31. The van der Waals surface area contributed by atoms with Crippen LogP contribution in [0.3, 0.4) is 0 Å². The van der Waals surface area contributed by atoms with Crippen molar-refractivity contribution in [1.29, 1.82) is 0 Å². The second-order valence-electron chi connectivity index (χ2n) is 3.74. The minimum atomic E-state index is 0.841. The fourth-order valence-electron chi connectivity index (χ4n) is 2.05. The number of ether oxygens (including phenoxy) is 1. The Balaban J connectivity index is 2.24. The Morgan fingerprint density at radius 1 is 1.44 bits per heavy atom. The van der Waals surface area contributed by atoms with Crippen LogP contribution in [0.4, 0.5) is 5.69 Å². The second kappa shape index (κ2) is 3.49. The Kier molecular flexibility index (Phi) is 2.11. The molecule has 1 aromatic heterocycles. The van der Waals surface area contributed by atoms with Gasteiger partial charge in [-0.25, -0.2) is 4.98 Å². The molecule has 0 aliphatic carbocycles. The fourth-order valence-corrected chi connectivity index (χ4v) is 2.94. The lowest BCUT2D eigenvalue weighted by Gasteiger charge is -2.19.